The first kappa shape index (κ1) is 16.1. The Morgan fingerprint density at radius 2 is 2.29 bits per heavy atom. The van der Waals surface area contributed by atoms with Crippen molar-refractivity contribution in [2.24, 2.45) is 0 Å². The molecule has 0 aromatic carbocycles. The maximum Gasteiger partial charge on any atom is 0.354 e. The third-order valence-corrected chi connectivity index (χ3v) is 4.05. The lowest BCUT2D eigenvalue weighted by atomic mass is 10.2. The van der Waals surface area contributed by atoms with Gasteiger partial charge in [0, 0.05) is 26.2 Å². The van der Waals surface area contributed by atoms with Gasteiger partial charge in [0.1, 0.15) is 24.1 Å². The van der Waals surface area contributed by atoms with Crippen LogP contribution >= 0.6 is 0 Å². The van der Waals surface area contributed by atoms with E-state index in [-0.39, 0.29) is 18.3 Å². The van der Waals surface area contributed by atoms with E-state index in [0.717, 1.165) is 0 Å². The van der Waals surface area contributed by atoms with Crippen LogP contribution in [0.15, 0.2) is 36.8 Å². The van der Waals surface area contributed by atoms with Gasteiger partial charge in [0.05, 0.1) is 12.6 Å². The summed E-state index contributed by atoms with van der Waals surface area (Å²) in [5, 5.41) is 9.05. The number of alkyl halides is 1. The number of carboxylic acid groups (broad SMARTS) is 1. The van der Waals surface area contributed by atoms with E-state index in [4.69, 9.17) is 5.11 Å². The monoisotopic (exact) mass is 331 g/mol. The van der Waals surface area contributed by atoms with E-state index in [1.807, 2.05) is 16.8 Å². The molecule has 0 spiro atoms. The van der Waals surface area contributed by atoms with Crippen LogP contribution in [0.1, 0.15) is 16.9 Å². The van der Waals surface area contributed by atoms with Crippen LogP contribution in [0.2, 0.25) is 0 Å². The summed E-state index contributed by atoms with van der Waals surface area (Å²) in [6.07, 6.45) is 2.55. The highest BCUT2D eigenvalue weighted by Crippen LogP contribution is 2.26. The van der Waals surface area contributed by atoms with E-state index < -0.39 is 12.1 Å². The Bertz CT molecular complexity index is 715. The highest BCUT2D eigenvalue weighted by atomic mass is 19.1. The van der Waals surface area contributed by atoms with Gasteiger partial charge in [-0.2, -0.15) is 0 Å². The van der Waals surface area contributed by atoms with Crippen LogP contribution in [0.3, 0.4) is 0 Å². The highest BCUT2D eigenvalue weighted by Gasteiger charge is 2.33. The third-order valence-electron chi connectivity index (χ3n) is 4.05. The van der Waals surface area contributed by atoms with Gasteiger partial charge in [-0.25, -0.2) is 24.1 Å². The fraction of sp³-hybridized carbons (Fsp3) is 0.375. The molecule has 8 heteroatoms. The molecular formula is C16H18FN5O2. The molecule has 2 atom stereocenters. The van der Waals surface area contributed by atoms with Crippen LogP contribution < -0.4 is 9.80 Å². The number of rotatable bonds is 5. The molecular weight excluding hydrogens is 313 g/mol. The van der Waals surface area contributed by atoms with Crippen molar-refractivity contribution >= 4 is 17.6 Å². The Kier molecular flexibility index (Phi) is 4.54. The standard InChI is InChI=1S/C16H18FN5O2/c1-21(15-4-2-3-13(20-15)16(23)24)9-12-7-11(17)8-22(12)14-5-6-18-10-19-14/h2-6,10-12H,7-9H2,1H3,(H,23,24)/t11-,12-/m0/s1. The number of hydrogen-bond acceptors (Lipinski definition) is 6. The molecule has 1 aliphatic heterocycles. The number of aromatic carboxylic acids is 1. The first-order valence-corrected chi connectivity index (χ1v) is 7.63. The lowest BCUT2D eigenvalue weighted by molar-refractivity contribution is 0.0690. The molecule has 3 heterocycles. The Labute approximate surface area is 138 Å². The minimum atomic E-state index is -1.07. The van der Waals surface area contributed by atoms with Gasteiger partial charge >= 0.3 is 5.97 Å². The quantitative estimate of drug-likeness (QED) is 0.891. The minimum Gasteiger partial charge on any atom is -0.477 e. The molecule has 0 radical (unpaired) electrons. The Hall–Kier alpha value is -2.77. The average Bonchev–Trinajstić information content (AvgIpc) is 2.96. The second-order valence-corrected chi connectivity index (χ2v) is 5.77. The second kappa shape index (κ2) is 6.77. The fourth-order valence-corrected chi connectivity index (χ4v) is 2.93. The molecule has 1 aliphatic rings. The number of carboxylic acids is 1. The van der Waals surface area contributed by atoms with Gasteiger partial charge in [0.15, 0.2) is 5.69 Å². The van der Waals surface area contributed by atoms with Crippen LogP contribution in [-0.2, 0) is 0 Å². The summed E-state index contributed by atoms with van der Waals surface area (Å²) >= 11 is 0. The molecule has 0 unspecified atom stereocenters. The predicted octanol–water partition coefficient (Wildman–Crippen LogP) is 1.62. The van der Waals surface area contributed by atoms with Crippen molar-refractivity contribution in [3.63, 3.8) is 0 Å². The summed E-state index contributed by atoms with van der Waals surface area (Å²) < 4.78 is 13.9. The summed E-state index contributed by atoms with van der Waals surface area (Å²) in [7, 11) is 1.82. The zero-order valence-corrected chi connectivity index (χ0v) is 13.2. The van der Waals surface area contributed by atoms with Crippen LogP contribution in [0, 0.1) is 0 Å². The van der Waals surface area contributed by atoms with Gasteiger partial charge in [-0.3, -0.25) is 0 Å². The van der Waals surface area contributed by atoms with Crippen LogP contribution in [0.25, 0.3) is 0 Å². The average molecular weight is 331 g/mol. The van der Waals surface area contributed by atoms with Gasteiger partial charge < -0.3 is 14.9 Å². The molecule has 2 aromatic rings. The van der Waals surface area contributed by atoms with E-state index in [9.17, 15) is 9.18 Å². The summed E-state index contributed by atoms with van der Waals surface area (Å²) in [5.41, 5.74) is -0.0122. The van der Waals surface area contributed by atoms with E-state index in [1.165, 1.54) is 12.4 Å². The number of likely N-dealkylation sites (N-methyl/N-ethyl adjacent to an activating group) is 1. The van der Waals surface area contributed by atoms with Gasteiger partial charge in [-0.05, 0) is 18.2 Å². The molecule has 24 heavy (non-hydrogen) atoms. The van der Waals surface area contributed by atoms with Crippen LogP contribution in [0.5, 0.6) is 0 Å². The summed E-state index contributed by atoms with van der Waals surface area (Å²) in [4.78, 5) is 27.0. The summed E-state index contributed by atoms with van der Waals surface area (Å²) in [5.74, 6) is 0.160. The normalized spacial score (nSPS) is 20.2. The van der Waals surface area contributed by atoms with Crippen molar-refractivity contribution in [3.05, 3.63) is 42.5 Å². The molecule has 0 bridgehead atoms. The number of anilines is 2. The predicted molar refractivity (Wildman–Crippen MR) is 87.1 cm³/mol. The number of pyridine rings is 1. The molecule has 126 valence electrons. The van der Waals surface area contributed by atoms with Crippen molar-refractivity contribution in [3.8, 4) is 0 Å². The zero-order valence-electron chi connectivity index (χ0n) is 13.2. The SMILES string of the molecule is CN(C[C@@H]1C[C@H](F)CN1c1ccncn1)c1cccc(C(=O)O)n1. The van der Waals surface area contributed by atoms with Gasteiger partial charge in [0.2, 0.25) is 0 Å². The molecule has 0 aliphatic carbocycles. The second-order valence-electron chi connectivity index (χ2n) is 5.77. The first-order valence-electron chi connectivity index (χ1n) is 7.63. The maximum absolute atomic E-state index is 13.9. The lowest BCUT2D eigenvalue weighted by Crippen LogP contribution is -2.39. The summed E-state index contributed by atoms with van der Waals surface area (Å²) in [6, 6.07) is 6.52. The zero-order chi connectivity index (χ0) is 17.1. The number of halogens is 1. The van der Waals surface area contributed by atoms with Gasteiger partial charge in [-0.1, -0.05) is 6.07 Å². The van der Waals surface area contributed by atoms with Gasteiger partial charge in [-0.15, -0.1) is 0 Å². The topological polar surface area (TPSA) is 82.5 Å². The smallest absolute Gasteiger partial charge is 0.354 e. The Morgan fingerprint density at radius 3 is 3.00 bits per heavy atom. The first-order chi connectivity index (χ1) is 11.5. The molecule has 3 rings (SSSR count). The van der Waals surface area contributed by atoms with E-state index >= 15 is 0 Å². The number of aromatic nitrogens is 3. The lowest BCUT2D eigenvalue weighted by Gasteiger charge is -2.29. The molecule has 7 nitrogen and oxygen atoms in total. The molecule has 0 amide bonds. The highest BCUT2D eigenvalue weighted by molar-refractivity contribution is 5.85. The van der Waals surface area contributed by atoms with Crippen LogP contribution in [0.4, 0.5) is 16.0 Å². The van der Waals surface area contributed by atoms with Crippen molar-refractivity contribution in [2.45, 2.75) is 18.6 Å². The number of hydrogen-bond donors (Lipinski definition) is 1. The number of carbonyl (C=O) groups is 1. The van der Waals surface area contributed by atoms with Crippen molar-refractivity contribution < 1.29 is 14.3 Å². The van der Waals surface area contributed by atoms with Crippen molar-refractivity contribution in [1.82, 2.24) is 15.0 Å². The molecule has 1 saturated heterocycles. The van der Waals surface area contributed by atoms with Gasteiger partial charge in [0.25, 0.3) is 0 Å². The molecule has 0 saturated carbocycles. The fourth-order valence-electron chi connectivity index (χ4n) is 2.93. The molecule has 2 aromatic heterocycles. The van der Waals surface area contributed by atoms with Crippen molar-refractivity contribution in [2.75, 3.05) is 29.9 Å². The molecule has 1 fully saturated rings. The Balaban J connectivity index is 1.76. The third kappa shape index (κ3) is 3.42. The Morgan fingerprint density at radius 1 is 1.46 bits per heavy atom. The minimum absolute atomic E-state index is 0.0122. The maximum atomic E-state index is 13.9. The largest absolute Gasteiger partial charge is 0.477 e. The van der Waals surface area contributed by atoms with Crippen LogP contribution in [-0.4, -0.2) is 58.4 Å². The van der Waals surface area contributed by atoms with E-state index in [1.54, 1.807) is 24.4 Å². The van der Waals surface area contributed by atoms with Crippen molar-refractivity contribution in [1.29, 1.82) is 0 Å². The van der Waals surface area contributed by atoms with E-state index in [0.29, 0.717) is 24.6 Å². The summed E-state index contributed by atoms with van der Waals surface area (Å²) in [6.45, 7) is 0.804. The number of nitrogens with zero attached hydrogens (tertiary/aromatic N) is 5. The van der Waals surface area contributed by atoms with E-state index in [2.05, 4.69) is 15.0 Å². The molecule has 1 N–H and O–H groups in total.